The van der Waals surface area contributed by atoms with Crippen LogP contribution in [0, 0.1) is 0 Å². The van der Waals surface area contributed by atoms with Crippen LogP contribution in [-0.2, 0) is 9.53 Å². The van der Waals surface area contributed by atoms with E-state index in [1.165, 1.54) is 4.73 Å². The van der Waals surface area contributed by atoms with Crippen LogP contribution in [0.1, 0.15) is 6.92 Å². The highest BCUT2D eigenvalue weighted by molar-refractivity contribution is 6.31. The Bertz CT molecular complexity index is 830. The van der Waals surface area contributed by atoms with E-state index in [-0.39, 0.29) is 6.61 Å². The van der Waals surface area contributed by atoms with Gasteiger partial charge in [-0.2, -0.15) is 4.73 Å². The number of hydrogen-bond donors (Lipinski definition) is 0. The maximum absolute atomic E-state index is 11.6. The second-order valence-corrected chi connectivity index (χ2v) is 5.24. The SMILES string of the molecule is CCOC(=O)COn1c(-c2ccccc2)nc2ccc(Cl)cc21. The molecule has 0 aliphatic rings. The number of benzene rings is 2. The van der Waals surface area contributed by atoms with E-state index in [2.05, 4.69) is 4.98 Å². The Labute approximate surface area is 138 Å². The molecule has 3 rings (SSSR count). The van der Waals surface area contributed by atoms with Gasteiger partial charge in [0.05, 0.1) is 12.1 Å². The molecule has 0 fully saturated rings. The van der Waals surface area contributed by atoms with E-state index in [0.29, 0.717) is 23.0 Å². The van der Waals surface area contributed by atoms with Gasteiger partial charge < -0.3 is 9.57 Å². The van der Waals surface area contributed by atoms with Crippen LogP contribution in [0.4, 0.5) is 0 Å². The van der Waals surface area contributed by atoms with Gasteiger partial charge in [0.1, 0.15) is 5.52 Å². The van der Waals surface area contributed by atoms with Gasteiger partial charge >= 0.3 is 5.97 Å². The van der Waals surface area contributed by atoms with E-state index in [4.69, 9.17) is 21.2 Å². The van der Waals surface area contributed by atoms with E-state index < -0.39 is 5.97 Å². The number of aromatic nitrogens is 2. The van der Waals surface area contributed by atoms with Gasteiger partial charge in [0, 0.05) is 10.6 Å². The molecule has 0 amide bonds. The summed E-state index contributed by atoms with van der Waals surface area (Å²) in [7, 11) is 0. The Morgan fingerprint density at radius 1 is 1.22 bits per heavy atom. The summed E-state index contributed by atoms with van der Waals surface area (Å²) in [6, 6.07) is 14.9. The predicted molar refractivity (Wildman–Crippen MR) is 88.3 cm³/mol. The summed E-state index contributed by atoms with van der Waals surface area (Å²) in [5, 5.41) is 0.568. The first-order valence-corrected chi connectivity index (χ1v) is 7.59. The van der Waals surface area contributed by atoms with Crippen molar-refractivity contribution in [3.05, 3.63) is 53.6 Å². The lowest BCUT2D eigenvalue weighted by Gasteiger charge is -2.10. The van der Waals surface area contributed by atoms with E-state index in [9.17, 15) is 4.79 Å². The second-order valence-electron chi connectivity index (χ2n) is 4.81. The fraction of sp³-hybridized carbons (Fsp3) is 0.176. The molecule has 2 aromatic carbocycles. The van der Waals surface area contributed by atoms with Crippen molar-refractivity contribution in [1.29, 1.82) is 0 Å². The molecule has 0 N–H and O–H groups in total. The highest BCUT2D eigenvalue weighted by Crippen LogP contribution is 2.25. The van der Waals surface area contributed by atoms with Gasteiger partial charge in [0.15, 0.2) is 5.82 Å². The summed E-state index contributed by atoms with van der Waals surface area (Å²) < 4.78 is 6.42. The zero-order valence-corrected chi connectivity index (χ0v) is 13.3. The van der Waals surface area contributed by atoms with Gasteiger partial charge in [-0.3, -0.25) is 0 Å². The van der Waals surface area contributed by atoms with Crippen molar-refractivity contribution < 1.29 is 14.4 Å². The van der Waals surface area contributed by atoms with Crippen LogP contribution in [0.3, 0.4) is 0 Å². The summed E-state index contributed by atoms with van der Waals surface area (Å²) >= 11 is 6.07. The molecule has 0 saturated heterocycles. The minimum Gasteiger partial charge on any atom is -0.463 e. The normalized spacial score (nSPS) is 10.7. The van der Waals surface area contributed by atoms with Crippen LogP contribution in [-0.4, -0.2) is 28.9 Å². The number of carbonyl (C=O) groups excluding carboxylic acids is 1. The summed E-state index contributed by atoms with van der Waals surface area (Å²) in [4.78, 5) is 21.8. The Morgan fingerprint density at radius 2 is 2.00 bits per heavy atom. The molecule has 0 aliphatic carbocycles. The molecule has 1 aromatic heterocycles. The molecule has 118 valence electrons. The maximum atomic E-state index is 11.6. The quantitative estimate of drug-likeness (QED) is 0.673. The average Bonchev–Trinajstić information content (AvgIpc) is 2.92. The van der Waals surface area contributed by atoms with Gasteiger partial charge in [-0.25, -0.2) is 9.78 Å². The van der Waals surface area contributed by atoms with Crippen molar-refractivity contribution in [1.82, 2.24) is 9.71 Å². The van der Waals surface area contributed by atoms with E-state index >= 15 is 0 Å². The number of nitrogens with zero attached hydrogens (tertiary/aromatic N) is 2. The Balaban J connectivity index is 2.04. The van der Waals surface area contributed by atoms with Gasteiger partial charge in [-0.1, -0.05) is 41.9 Å². The molecule has 0 aliphatic heterocycles. The van der Waals surface area contributed by atoms with Crippen molar-refractivity contribution >= 4 is 28.6 Å². The fourth-order valence-corrected chi connectivity index (χ4v) is 2.41. The van der Waals surface area contributed by atoms with Crippen LogP contribution in [0.15, 0.2) is 48.5 Å². The molecule has 23 heavy (non-hydrogen) atoms. The predicted octanol–water partition coefficient (Wildman–Crippen LogP) is 3.35. The lowest BCUT2D eigenvalue weighted by atomic mass is 10.2. The van der Waals surface area contributed by atoms with Crippen molar-refractivity contribution in [3.8, 4) is 11.4 Å². The third kappa shape index (κ3) is 3.29. The van der Waals surface area contributed by atoms with E-state index in [0.717, 1.165) is 11.1 Å². The number of carbonyl (C=O) groups is 1. The van der Waals surface area contributed by atoms with Gasteiger partial charge in [-0.05, 0) is 25.1 Å². The summed E-state index contributed by atoms with van der Waals surface area (Å²) in [5.41, 5.74) is 2.31. The number of ether oxygens (including phenoxy) is 1. The highest BCUT2D eigenvalue weighted by Gasteiger charge is 2.15. The topological polar surface area (TPSA) is 53.4 Å². The van der Waals surface area contributed by atoms with Crippen molar-refractivity contribution in [2.45, 2.75) is 6.92 Å². The summed E-state index contributed by atoms with van der Waals surface area (Å²) in [6.07, 6.45) is 0. The van der Waals surface area contributed by atoms with E-state index in [1.54, 1.807) is 19.1 Å². The first-order valence-electron chi connectivity index (χ1n) is 7.21. The van der Waals surface area contributed by atoms with Crippen molar-refractivity contribution in [2.24, 2.45) is 0 Å². The smallest absolute Gasteiger partial charge is 0.346 e. The first kappa shape index (κ1) is 15.4. The molecule has 0 unspecified atom stereocenters. The Morgan fingerprint density at radius 3 is 2.74 bits per heavy atom. The number of halogens is 1. The Kier molecular flexibility index (Phi) is 4.48. The van der Waals surface area contributed by atoms with Crippen molar-refractivity contribution in [3.63, 3.8) is 0 Å². The van der Waals surface area contributed by atoms with Gasteiger partial charge in [0.2, 0.25) is 6.61 Å². The molecule has 0 atom stereocenters. The van der Waals surface area contributed by atoms with Crippen LogP contribution in [0.5, 0.6) is 0 Å². The average molecular weight is 331 g/mol. The molecule has 0 saturated carbocycles. The molecule has 0 bridgehead atoms. The number of fused-ring (bicyclic) bond motifs is 1. The molecular weight excluding hydrogens is 316 g/mol. The van der Waals surface area contributed by atoms with E-state index in [1.807, 2.05) is 36.4 Å². The third-order valence-corrected chi connectivity index (χ3v) is 3.46. The summed E-state index contributed by atoms with van der Waals surface area (Å²) in [6.45, 7) is 1.86. The molecule has 0 radical (unpaired) electrons. The van der Waals surface area contributed by atoms with Gasteiger partial charge in [0.25, 0.3) is 0 Å². The van der Waals surface area contributed by atoms with Crippen LogP contribution >= 0.6 is 11.6 Å². The fourth-order valence-electron chi connectivity index (χ4n) is 2.25. The number of imidazole rings is 1. The van der Waals surface area contributed by atoms with Crippen molar-refractivity contribution in [2.75, 3.05) is 13.2 Å². The minimum absolute atomic E-state index is 0.203. The minimum atomic E-state index is -0.435. The summed E-state index contributed by atoms with van der Waals surface area (Å²) in [5.74, 6) is 0.169. The number of rotatable bonds is 5. The highest BCUT2D eigenvalue weighted by atomic mass is 35.5. The lowest BCUT2D eigenvalue weighted by molar-refractivity contribution is -0.148. The largest absolute Gasteiger partial charge is 0.463 e. The molecule has 3 aromatic rings. The number of hydrogen-bond acceptors (Lipinski definition) is 4. The molecule has 6 heteroatoms. The standard InChI is InChI=1S/C17H15ClN2O3/c1-2-22-16(21)11-23-20-15-10-13(18)8-9-14(15)19-17(20)12-6-4-3-5-7-12/h3-10H,2,11H2,1H3. The Hall–Kier alpha value is -2.53. The molecule has 1 heterocycles. The molecule has 5 nitrogen and oxygen atoms in total. The zero-order chi connectivity index (χ0) is 16.2. The van der Waals surface area contributed by atoms with Gasteiger partial charge in [-0.15, -0.1) is 0 Å². The van der Waals surface area contributed by atoms with Crippen LogP contribution in [0.25, 0.3) is 22.4 Å². The molecular formula is C17H15ClN2O3. The monoisotopic (exact) mass is 330 g/mol. The maximum Gasteiger partial charge on any atom is 0.346 e. The first-order chi connectivity index (χ1) is 11.2. The van der Waals surface area contributed by atoms with Crippen LogP contribution in [0.2, 0.25) is 5.02 Å². The lowest BCUT2D eigenvalue weighted by Crippen LogP contribution is -2.22. The van der Waals surface area contributed by atoms with Crippen LogP contribution < -0.4 is 4.84 Å². The second kappa shape index (κ2) is 6.71. The zero-order valence-electron chi connectivity index (χ0n) is 12.5. The molecule has 0 spiro atoms. The number of esters is 1. The third-order valence-electron chi connectivity index (χ3n) is 3.22.